The van der Waals surface area contributed by atoms with Crippen molar-refractivity contribution in [2.45, 2.75) is 15.2 Å². The zero-order valence-electron chi connectivity index (χ0n) is 30.7. The summed E-state index contributed by atoms with van der Waals surface area (Å²) in [5.74, 6) is 1.93. The van der Waals surface area contributed by atoms with Gasteiger partial charge in [-0.25, -0.2) is 15.0 Å². The lowest BCUT2D eigenvalue weighted by atomic mass is 9.67. The normalized spacial score (nSPS) is 13.3. The number of benzene rings is 8. The maximum atomic E-state index is 5.37. The molecule has 266 valence electrons. The second kappa shape index (κ2) is 12.5. The molecule has 1 aliphatic heterocycles. The molecule has 2 aliphatic rings. The minimum absolute atomic E-state index is 0.592. The Morgan fingerprint density at radius 2 is 0.860 bits per heavy atom. The van der Waals surface area contributed by atoms with E-state index in [0.29, 0.717) is 17.5 Å². The summed E-state index contributed by atoms with van der Waals surface area (Å²) in [5, 5.41) is 2.44. The summed E-state index contributed by atoms with van der Waals surface area (Å²) in [4.78, 5) is 18.2. The van der Waals surface area contributed by atoms with Crippen LogP contribution in [0.3, 0.4) is 0 Å². The monoisotopic (exact) mass is 744 g/mol. The third-order valence-corrected chi connectivity index (χ3v) is 12.9. The Hall–Kier alpha value is -7.08. The van der Waals surface area contributed by atoms with Crippen molar-refractivity contribution in [2.75, 3.05) is 0 Å². The van der Waals surface area contributed by atoms with Gasteiger partial charge in [0.15, 0.2) is 17.5 Å². The maximum Gasteiger partial charge on any atom is 0.165 e. The Morgan fingerprint density at radius 1 is 0.386 bits per heavy atom. The van der Waals surface area contributed by atoms with Crippen molar-refractivity contribution < 1.29 is 0 Å². The highest BCUT2D eigenvalue weighted by molar-refractivity contribution is 7.99. The maximum absolute atomic E-state index is 5.37. The van der Waals surface area contributed by atoms with Gasteiger partial charge >= 0.3 is 0 Å². The van der Waals surface area contributed by atoms with Crippen molar-refractivity contribution in [1.82, 2.24) is 19.5 Å². The van der Waals surface area contributed by atoms with Crippen LogP contribution in [0.15, 0.2) is 204 Å². The summed E-state index contributed by atoms with van der Waals surface area (Å²) >= 11 is 1.82. The first-order valence-electron chi connectivity index (χ1n) is 19.3. The molecule has 10 aromatic rings. The molecule has 1 aliphatic carbocycles. The predicted octanol–water partition coefficient (Wildman–Crippen LogP) is 12.8. The highest BCUT2D eigenvalue weighted by Gasteiger charge is 2.51. The van der Waals surface area contributed by atoms with Gasteiger partial charge in [-0.05, 0) is 63.7 Å². The highest BCUT2D eigenvalue weighted by atomic mass is 32.2. The third-order valence-electron chi connectivity index (χ3n) is 11.7. The predicted molar refractivity (Wildman–Crippen MR) is 232 cm³/mol. The average Bonchev–Trinajstić information content (AvgIpc) is 3.78. The topological polar surface area (TPSA) is 43.6 Å². The van der Waals surface area contributed by atoms with E-state index in [1.807, 2.05) is 48.2 Å². The molecule has 0 fully saturated rings. The molecular weight excluding hydrogens is 713 g/mol. The average molecular weight is 745 g/mol. The molecule has 0 unspecified atom stereocenters. The number of hydrogen-bond acceptors (Lipinski definition) is 4. The minimum atomic E-state index is -0.592. The lowest BCUT2D eigenvalue weighted by molar-refractivity contribution is 0.721. The fourth-order valence-electron chi connectivity index (χ4n) is 9.36. The van der Waals surface area contributed by atoms with Gasteiger partial charge in [0.05, 0.1) is 16.4 Å². The number of rotatable bonds is 4. The number of fused-ring (bicyclic) bond motifs is 12. The molecular formula is C52H32N4S. The largest absolute Gasteiger partial charge is 0.309 e. The van der Waals surface area contributed by atoms with Crippen molar-refractivity contribution >= 4 is 33.6 Å². The van der Waals surface area contributed by atoms with Crippen LogP contribution >= 0.6 is 11.8 Å². The van der Waals surface area contributed by atoms with E-state index in [1.165, 1.54) is 49.0 Å². The second-order valence-corrected chi connectivity index (χ2v) is 15.8. The Kier molecular flexibility index (Phi) is 7.04. The first kappa shape index (κ1) is 32.2. The van der Waals surface area contributed by atoms with Crippen LogP contribution in [-0.4, -0.2) is 19.5 Å². The Morgan fingerprint density at radius 3 is 1.46 bits per heavy atom. The van der Waals surface area contributed by atoms with E-state index in [2.05, 4.69) is 162 Å². The van der Waals surface area contributed by atoms with Crippen LogP contribution in [0.25, 0.3) is 72.8 Å². The van der Waals surface area contributed by atoms with Gasteiger partial charge in [-0.2, -0.15) is 0 Å². The Bertz CT molecular complexity index is 3070. The molecule has 57 heavy (non-hydrogen) atoms. The minimum Gasteiger partial charge on any atom is -0.309 e. The van der Waals surface area contributed by atoms with Crippen molar-refractivity contribution in [3.8, 4) is 51.0 Å². The molecule has 1 spiro atoms. The van der Waals surface area contributed by atoms with E-state index < -0.39 is 5.41 Å². The van der Waals surface area contributed by atoms with Crippen molar-refractivity contribution in [3.63, 3.8) is 0 Å². The fraction of sp³-hybridized carbons (Fsp3) is 0.0192. The van der Waals surface area contributed by atoms with E-state index in [1.54, 1.807) is 0 Å². The quantitative estimate of drug-likeness (QED) is 0.180. The van der Waals surface area contributed by atoms with Crippen molar-refractivity contribution in [1.29, 1.82) is 0 Å². The van der Waals surface area contributed by atoms with E-state index in [0.717, 1.165) is 38.3 Å². The van der Waals surface area contributed by atoms with Gasteiger partial charge in [0.1, 0.15) is 0 Å². The molecule has 8 aromatic carbocycles. The number of para-hydroxylation sites is 2. The van der Waals surface area contributed by atoms with Gasteiger partial charge in [-0.15, -0.1) is 0 Å². The van der Waals surface area contributed by atoms with E-state index in [-0.39, 0.29) is 0 Å². The van der Waals surface area contributed by atoms with Crippen LogP contribution in [0, 0.1) is 0 Å². The Labute approximate surface area is 334 Å². The van der Waals surface area contributed by atoms with Crippen LogP contribution < -0.4 is 0 Å². The summed E-state index contributed by atoms with van der Waals surface area (Å²) in [6.07, 6.45) is 0. The summed E-state index contributed by atoms with van der Waals surface area (Å²) in [6.45, 7) is 0. The van der Waals surface area contributed by atoms with Crippen LogP contribution in [0.1, 0.15) is 22.3 Å². The standard InChI is InChI=1S/C52H32N4S/c1-3-17-33(18-4-1)49-53-50(34-19-5-2-6-20-34)55-51(54-49)40-31-35(56-45-28-14-9-23-38(45)39-24-10-15-29-46(39)56)32-44-48(40)57-47-30-16-13-27-43(47)52(44)41-25-11-7-21-36(41)37-22-8-12-26-42(37)52/h1-32H. The summed E-state index contributed by atoms with van der Waals surface area (Å²) in [5.41, 5.74) is 13.3. The Balaban J connectivity index is 1.26. The first-order chi connectivity index (χ1) is 28.3. The molecule has 0 saturated heterocycles. The number of nitrogens with zero attached hydrogens (tertiary/aromatic N) is 4. The molecule has 0 bridgehead atoms. The van der Waals surface area contributed by atoms with Crippen LogP contribution in [-0.2, 0) is 5.41 Å². The molecule has 0 amide bonds. The van der Waals surface area contributed by atoms with Crippen molar-refractivity contribution in [2.24, 2.45) is 0 Å². The smallest absolute Gasteiger partial charge is 0.165 e. The van der Waals surface area contributed by atoms with E-state index in [9.17, 15) is 0 Å². The molecule has 2 aromatic heterocycles. The first-order valence-corrected chi connectivity index (χ1v) is 20.1. The van der Waals surface area contributed by atoms with E-state index >= 15 is 0 Å². The highest BCUT2D eigenvalue weighted by Crippen LogP contribution is 2.63. The number of hydrogen-bond donors (Lipinski definition) is 0. The van der Waals surface area contributed by atoms with Gasteiger partial charge in [0, 0.05) is 42.9 Å². The number of aromatic nitrogens is 4. The van der Waals surface area contributed by atoms with Crippen molar-refractivity contribution in [3.05, 3.63) is 216 Å². The summed E-state index contributed by atoms with van der Waals surface area (Å²) in [7, 11) is 0. The van der Waals surface area contributed by atoms with Crippen LogP contribution in [0.2, 0.25) is 0 Å². The van der Waals surface area contributed by atoms with Gasteiger partial charge in [-0.1, -0.05) is 176 Å². The molecule has 0 atom stereocenters. The molecule has 0 N–H and O–H groups in total. The van der Waals surface area contributed by atoms with E-state index in [4.69, 9.17) is 15.0 Å². The van der Waals surface area contributed by atoms with Gasteiger partial charge in [0.25, 0.3) is 0 Å². The molecule has 3 heterocycles. The fourth-order valence-corrected chi connectivity index (χ4v) is 10.6. The molecule has 12 rings (SSSR count). The van der Waals surface area contributed by atoms with Gasteiger partial charge in [-0.3, -0.25) is 0 Å². The van der Waals surface area contributed by atoms with Crippen LogP contribution in [0.4, 0.5) is 0 Å². The SMILES string of the molecule is c1ccc(-c2nc(-c3ccccc3)nc(-c3cc(-n4c5ccccc5c5ccccc54)cc4c3Sc3ccccc3C43c4ccccc4-c4ccccc43)n2)cc1. The molecule has 5 heteroatoms. The third kappa shape index (κ3) is 4.67. The summed E-state index contributed by atoms with van der Waals surface area (Å²) < 4.78 is 2.43. The van der Waals surface area contributed by atoms with Gasteiger partial charge < -0.3 is 4.57 Å². The molecule has 0 saturated carbocycles. The zero-order chi connectivity index (χ0) is 37.5. The van der Waals surface area contributed by atoms with Crippen LogP contribution in [0.5, 0.6) is 0 Å². The molecule has 4 nitrogen and oxygen atoms in total. The summed E-state index contributed by atoms with van der Waals surface area (Å²) in [6, 6.07) is 69.7. The zero-order valence-corrected chi connectivity index (χ0v) is 31.5. The lowest BCUT2D eigenvalue weighted by Gasteiger charge is -2.40. The second-order valence-electron chi connectivity index (χ2n) is 14.7. The molecule has 0 radical (unpaired) electrons. The lowest BCUT2D eigenvalue weighted by Crippen LogP contribution is -2.32. The van der Waals surface area contributed by atoms with Gasteiger partial charge in [0.2, 0.25) is 0 Å².